The van der Waals surface area contributed by atoms with Gasteiger partial charge in [0.25, 0.3) is 0 Å². The van der Waals surface area contributed by atoms with Crippen LogP contribution in [0, 0.1) is 6.92 Å². The second-order valence-corrected chi connectivity index (χ2v) is 5.90. The molecule has 0 atom stereocenters. The van der Waals surface area contributed by atoms with Crippen LogP contribution in [0.1, 0.15) is 38.3 Å². The molecule has 1 fully saturated rings. The van der Waals surface area contributed by atoms with Crippen LogP contribution >= 0.6 is 0 Å². The van der Waals surface area contributed by atoms with Gasteiger partial charge in [0.05, 0.1) is 0 Å². The van der Waals surface area contributed by atoms with Gasteiger partial charge in [-0.2, -0.15) is 4.98 Å². The molecule has 0 aliphatic heterocycles. The first kappa shape index (κ1) is 14.8. The summed E-state index contributed by atoms with van der Waals surface area (Å²) in [5, 5.41) is 3.57. The normalized spacial score (nSPS) is 15.0. The van der Waals surface area contributed by atoms with E-state index in [1.54, 1.807) is 0 Å². The molecule has 116 valence electrons. The number of nitrogens with zero attached hydrogens (tertiary/aromatic N) is 3. The first-order valence-electron chi connectivity index (χ1n) is 8.21. The van der Waals surface area contributed by atoms with Crippen molar-refractivity contribution in [1.29, 1.82) is 0 Å². The van der Waals surface area contributed by atoms with Gasteiger partial charge in [0.1, 0.15) is 5.82 Å². The maximum atomic E-state index is 4.75. The summed E-state index contributed by atoms with van der Waals surface area (Å²) >= 11 is 0. The van der Waals surface area contributed by atoms with E-state index in [9.17, 15) is 0 Å². The monoisotopic (exact) mass is 296 g/mol. The molecule has 1 N–H and O–H groups in total. The summed E-state index contributed by atoms with van der Waals surface area (Å²) in [6, 6.07) is 12.9. The molecule has 0 spiro atoms. The Hall–Kier alpha value is -2.10. The number of para-hydroxylation sites is 1. The number of hydrogen-bond donors (Lipinski definition) is 1. The maximum absolute atomic E-state index is 4.75. The molecule has 4 heteroatoms. The maximum Gasteiger partial charge on any atom is 0.232 e. The van der Waals surface area contributed by atoms with Crippen molar-refractivity contribution in [3.8, 4) is 0 Å². The molecular weight excluding hydrogens is 272 g/mol. The van der Waals surface area contributed by atoms with Gasteiger partial charge in [-0.05, 0) is 38.8 Å². The Morgan fingerprint density at radius 3 is 2.55 bits per heavy atom. The molecule has 1 aliphatic carbocycles. The first-order chi connectivity index (χ1) is 10.8. The highest BCUT2D eigenvalue weighted by atomic mass is 15.3. The van der Waals surface area contributed by atoms with Crippen LogP contribution in [0.3, 0.4) is 0 Å². The van der Waals surface area contributed by atoms with Crippen LogP contribution in [-0.4, -0.2) is 22.6 Å². The van der Waals surface area contributed by atoms with Crippen molar-refractivity contribution in [3.05, 3.63) is 42.1 Å². The molecule has 3 rings (SSSR count). The van der Waals surface area contributed by atoms with Crippen molar-refractivity contribution >= 4 is 17.5 Å². The fourth-order valence-corrected chi connectivity index (χ4v) is 3.07. The molecule has 1 heterocycles. The summed E-state index contributed by atoms with van der Waals surface area (Å²) in [6.45, 7) is 5.00. The van der Waals surface area contributed by atoms with E-state index in [0.717, 1.165) is 29.7 Å². The van der Waals surface area contributed by atoms with Crippen molar-refractivity contribution in [2.45, 2.75) is 45.6 Å². The minimum atomic E-state index is 0.564. The standard InChI is InChI=1S/C18H24N4/c1-3-22(16-11-5-4-6-12-16)18-19-14(2)13-17(21-18)20-15-9-7-8-10-15/h4-6,11-13,15H,3,7-10H2,1-2H3,(H,19,20,21). The van der Waals surface area contributed by atoms with Gasteiger partial charge in [-0.15, -0.1) is 0 Å². The van der Waals surface area contributed by atoms with Gasteiger partial charge in [0.2, 0.25) is 5.95 Å². The predicted octanol–water partition coefficient (Wildman–Crippen LogP) is 4.30. The Labute approximate surface area is 132 Å². The summed E-state index contributed by atoms with van der Waals surface area (Å²) in [6.07, 6.45) is 5.13. The number of aryl methyl sites for hydroxylation is 1. The fraction of sp³-hybridized carbons (Fsp3) is 0.444. The summed E-state index contributed by atoms with van der Waals surface area (Å²) in [5.41, 5.74) is 2.13. The average Bonchev–Trinajstić information content (AvgIpc) is 3.01. The van der Waals surface area contributed by atoms with E-state index in [0.29, 0.717) is 6.04 Å². The Morgan fingerprint density at radius 2 is 1.86 bits per heavy atom. The minimum absolute atomic E-state index is 0.564. The number of hydrogen-bond acceptors (Lipinski definition) is 4. The molecule has 1 aromatic carbocycles. The third kappa shape index (κ3) is 3.38. The van der Waals surface area contributed by atoms with Gasteiger partial charge >= 0.3 is 0 Å². The first-order valence-corrected chi connectivity index (χ1v) is 8.21. The molecule has 4 nitrogen and oxygen atoms in total. The second-order valence-electron chi connectivity index (χ2n) is 5.90. The predicted molar refractivity (Wildman–Crippen MR) is 91.8 cm³/mol. The lowest BCUT2D eigenvalue weighted by Crippen LogP contribution is -2.21. The SMILES string of the molecule is CCN(c1ccccc1)c1nc(C)cc(NC2CCCC2)n1. The highest BCUT2D eigenvalue weighted by Gasteiger charge is 2.17. The third-order valence-corrected chi connectivity index (χ3v) is 4.18. The summed E-state index contributed by atoms with van der Waals surface area (Å²) in [4.78, 5) is 11.5. The quantitative estimate of drug-likeness (QED) is 0.893. The summed E-state index contributed by atoms with van der Waals surface area (Å²) in [5.74, 6) is 1.72. The summed E-state index contributed by atoms with van der Waals surface area (Å²) < 4.78 is 0. The highest BCUT2D eigenvalue weighted by molar-refractivity contribution is 5.58. The zero-order valence-electron chi connectivity index (χ0n) is 13.4. The number of nitrogens with one attached hydrogen (secondary N) is 1. The fourth-order valence-electron chi connectivity index (χ4n) is 3.07. The van der Waals surface area contributed by atoms with Crippen molar-refractivity contribution in [1.82, 2.24) is 9.97 Å². The van der Waals surface area contributed by atoms with Gasteiger partial charge in [0.15, 0.2) is 0 Å². The Balaban J connectivity index is 1.87. The highest BCUT2D eigenvalue weighted by Crippen LogP contribution is 2.25. The van der Waals surface area contributed by atoms with Gasteiger partial charge < -0.3 is 10.2 Å². The zero-order valence-corrected chi connectivity index (χ0v) is 13.4. The number of aromatic nitrogens is 2. The van der Waals surface area contributed by atoms with Crippen LogP contribution in [0.15, 0.2) is 36.4 Å². The molecule has 0 unspecified atom stereocenters. The molecule has 0 radical (unpaired) electrons. The third-order valence-electron chi connectivity index (χ3n) is 4.18. The molecule has 1 aromatic heterocycles. The van der Waals surface area contributed by atoms with E-state index in [1.165, 1.54) is 25.7 Å². The van der Waals surface area contributed by atoms with Crippen LogP contribution < -0.4 is 10.2 Å². The number of benzene rings is 1. The number of anilines is 3. The molecule has 2 aromatic rings. The second kappa shape index (κ2) is 6.77. The molecule has 1 saturated carbocycles. The average molecular weight is 296 g/mol. The van der Waals surface area contributed by atoms with E-state index in [-0.39, 0.29) is 0 Å². The van der Waals surface area contributed by atoms with Crippen LogP contribution in [-0.2, 0) is 0 Å². The molecule has 0 amide bonds. The topological polar surface area (TPSA) is 41.1 Å². The van der Waals surface area contributed by atoms with Gasteiger partial charge in [-0.1, -0.05) is 31.0 Å². The van der Waals surface area contributed by atoms with Crippen molar-refractivity contribution in [3.63, 3.8) is 0 Å². The lowest BCUT2D eigenvalue weighted by atomic mass is 10.2. The Bertz CT molecular complexity index is 606. The molecule has 22 heavy (non-hydrogen) atoms. The van der Waals surface area contributed by atoms with Crippen LogP contribution in [0.25, 0.3) is 0 Å². The molecule has 0 bridgehead atoms. The molecular formula is C18H24N4. The zero-order chi connectivity index (χ0) is 15.4. The number of rotatable bonds is 5. The summed E-state index contributed by atoms with van der Waals surface area (Å²) in [7, 11) is 0. The van der Waals surface area contributed by atoms with E-state index in [1.807, 2.05) is 31.2 Å². The molecule has 0 saturated heterocycles. The van der Waals surface area contributed by atoms with Crippen molar-refractivity contribution in [2.24, 2.45) is 0 Å². The van der Waals surface area contributed by atoms with E-state index < -0.39 is 0 Å². The lowest BCUT2D eigenvalue weighted by molar-refractivity contribution is 0.748. The van der Waals surface area contributed by atoms with Gasteiger partial charge in [-0.3, -0.25) is 0 Å². The van der Waals surface area contributed by atoms with Gasteiger partial charge in [0, 0.05) is 30.0 Å². The smallest absolute Gasteiger partial charge is 0.232 e. The van der Waals surface area contributed by atoms with Crippen molar-refractivity contribution in [2.75, 3.05) is 16.8 Å². The van der Waals surface area contributed by atoms with Crippen LogP contribution in [0.4, 0.5) is 17.5 Å². The van der Waals surface area contributed by atoms with Crippen LogP contribution in [0.2, 0.25) is 0 Å². The van der Waals surface area contributed by atoms with E-state index >= 15 is 0 Å². The molecule has 1 aliphatic rings. The Kier molecular flexibility index (Phi) is 4.56. The van der Waals surface area contributed by atoms with Gasteiger partial charge in [-0.25, -0.2) is 4.98 Å². The minimum Gasteiger partial charge on any atom is -0.367 e. The van der Waals surface area contributed by atoms with E-state index in [4.69, 9.17) is 4.98 Å². The Morgan fingerprint density at radius 1 is 1.14 bits per heavy atom. The van der Waals surface area contributed by atoms with Crippen molar-refractivity contribution < 1.29 is 0 Å². The van der Waals surface area contributed by atoms with E-state index in [2.05, 4.69) is 34.3 Å². The van der Waals surface area contributed by atoms with Crippen LogP contribution in [0.5, 0.6) is 0 Å². The largest absolute Gasteiger partial charge is 0.367 e. The lowest BCUT2D eigenvalue weighted by Gasteiger charge is -2.22.